The van der Waals surface area contributed by atoms with Crippen molar-refractivity contribution < 1.29 is 14.6 Å². The van der Waals surface area contributed by atoms with Gasteiger partial charge in [0.05, 0.1) is 11.5 Å². The summed E-state index contributed by atoms with van der Waals surface area (Å²) in [4.78, 5) is 15.2. The minimum Gasteiger partial charge on any atom is -0.504 e. The van der Waals surface area contributed by atoms with Crippen LogP contribution in [-0.2, 0) is 4.79 Å². The molecule has 6 heteroatoms. The van der Waals surface area contributed by atoms with Crippen molar-refractivity contribution in [2.45, 2.75) is 45.1 Å². The largest absolute Gasteiger partial charge is 0.504 e. The Morgan fingerprint density at radius 3 is 2.83 bits per heavy atom. The molecule has 0 bridgehead atoms. The van der Waals surface area contributed by atoms with Crippen LogP contribution in [0.3, 0.4) is 0 Å². The summed E-state index contributed by atoms with van der Waals surface area (Å²) in [6.45, 7) is 2.34. The molecule has 0 spiro atoms. The van der Waals surface area contributed by atoms with Crippen molar-refractivity contribution in [1.29, 1.82) is 0 Å². The quantitative estimate of drug-likeness (QED) is 0.637. The zero-order chi connectivity index (χ0) is 17.1. The fraction of sp³-hybridized carbons (Fsp3) is 0.444. The predicted octanol–water partition coefficient (Wildman–Crippen LogP) is 4.32. The van der Waals surface area contributed by atoms with Gasteiger partial charge in [-0.25, -0.2) is 0 Å². The third kappa shape index (κ3) is 3.59. The Balaban J connectivity index is 1.82. The summed E-state index contributed by atoms with van der Waals surface area (Å²) in [7, 11) is 0. The summed E-state index contributed by atoms with van der Waals surface area (Å²) in [6.07, 6.45) is 7.46. The summed E-state index contributed by atoms with van der Waals surface area (Å²) < 4.78 is 6.05. The molecule has 1 saturated heterocycles. The van der Waals surface area contributed by atoms with Crippen LogP contribution in [0.15, 0.2) is 23.1 Å². The van der Waals surface area contributed by atoms with Crippen LogP contribution in [0, 0.1) is 0 Å². The van der Waals surface area contributed by atoms with Crippen molar-refractivity contribution in [2.75, 3.05) is 6.61 Å². The highest BCUT2D eigenvalue weighted by molar-refractivity contribution is 8.26. The van der Waals surface area contributed by atoms with E-state index in [0.29, 0.717) is 21.6 Å². The van der Waals surface area contributed by atoms with Crippen LogP contribution in [0.5, 0.6) is 11.5 Å². The van der Waals surface area contributed by atoms with Gasteiger partial charge in [0.15, 0.2) is 11.5 Å². The number of carbonyl (C=O) groups excluding carboxylic acids is 1. The van der Waals surface area contributed by atoms with Gasteiger partial charge in [-0.2, -0.15) is 0 Å². The average molecular weight is 364 g/mol. The Morgan fingerprint density at radius 1 is 1.38 bits per heavy atom. The molecule has 1 aromatic carbocycles. The van der Waals surface area contributed by atoms with E-state index in [2.05, 4.69) is 0 Å². The van der Waals surface area contributed by atoms with Crippen molar-refractivity contribution in [1.82, 2.24) is 4.90 Å². The van der Waals surface area contributed by atoms with E-state index in [1.807, 2.05) is 13.0 Å². The molecule has 4 nitrogen and oxygen atoms in total. The Kier molecular flexibility index (Phi) is 5.46. The number of phenolic OH excluding ortho intramolecular Hbond substituents is 1. The van der Waals surface area contributed by atoms with Gasteiger partial charge in [0.25, 0.3) is 5.91 Å². The van der Waals surface area contributed by atoms with Crippen LogP contribution in [0.2, 0.25) is 0 Å². The molecule has 1 N–H and O–H groups in total. The molecule has 1 heterocycles. The molecular weight excluding hydrogens is 342 g/mol. The van der Waals surface area contributed by atoms with Gasteiger partial charge in [-0.1, -0.05) is 49.3 Å². The number of phenols is 1. The third-order valence-electron chi connectivity index (χ3n) is 4.34. The first-order chi connectivity index (χ1) is 11.6. The van der Waals surface area contributed by atoms with Gasteiger partial charge in [-0.15, -0.1) is 0 Å². The lowest BCUT2D eigenvalue weighted by Gasteiger charge is -2.29. The van der Waals surface area contributed by atoms with Gasteiger partial charge in [0.1, 0.15) is 4.32 Å². The Bertz CT molecular complexity index is 681. The number of benzene rings is 1. The molecule has 128 valence electrons. The highest BCUT2D eigenvalue weighted by atomic mass is 32.2. The van der Waals surface area contributed by atoms with Crippen LogP contribution >= 0.6 is 24.0 Å². The van der Waals surface area contributed by atoms with Crippen molar-refractivity contribution in [2.24, 2.45) is 0 Å². The molecule has 0 aromatic heterocycles. The van der Waals surface area contributed by atoms with Gasteiger partial charge >= 0.3 is 0 Å². The van der Waals surface area contributed by atoms with E-state index >= 15 is 0 Å². The summed E-state index contributed by atoms with van der Waals surface area (Å²) in [5.74, 6) is 0.528. The fourth-order valence-electron chi connectivity index (χ4n) is 3.18. The lowest BCUT2D eigenvalue weighted by atomic mass is 9.94. The smallest absolute Gasteiger partial charge is 0.266 e. The second-order valence-corrected chi connectivity index (χ2v) is 7.68. The number of rotatable bonds is 4. The summed E-state index contributed by atoms with van der Waals surface area (Å²) in [6, 6.07) is 5.34. The molecule has 0 unspecified atom stereocenters. The van der Waals surface area contributed by atoms with Crippen LogP contribution in [-0.4, -0.2) is 32.9 Å². The molecule has 1 aromatic rings. The lowest BCUT2D eigenvalue weighted by molar-refractivity contribution is -0.124. The maximum atomic E-state index is 12.8. The monoisotopic (exact) mass is 363 g/mol. The number of nitrogens with zero attached hydrogens (tertiary/aromatic N) is 1. The Hall–Kier alpha value is -1.53. The normalized spacial score (nSPS) is 20.9. The second-order valence-electron chi connectivity index (χ2n) is 6.00. The van der Waals surface area contributed by atoms with Crippen LogP contribution in [0.1, 0.15) is 44.6 Å². The third-order valence-corrected chi connectivity index (χ3v) is 5.68. The predicted molar refractivity (Wildman–Crippen MR) is 101 cm³/mol. The van der Waals surface area contributed by atoms with Crippen molar-refractivity contribution in [3.8, 4) is 11.5 Å². The van der Waals surface area contributed by atoms with E-state index in [-0.39, 0.29) is 17.7 Å². The maximum absolute atomic E-state index is 12.8. The number of amides is 1. The average Bonchev–Trinajstić information content (AvgIpc) is 2.85. The minimum atomic E-state index is 0.00272. The number of thiocarbonyl (C=S) groups is 1. The lowest BCUT2D eigenvalue weighted by Crippen LogP contribution is -2.39. The van der Waals surface area contributed by atoms with E-state index in [1.54, 1.807) is 23.1 Å². The standard InChI is InChI=1S/C18H21NO3S2/c1-2-22-15-10-12(8-9-14(15)20)11-16-17(21)19(18(23)24-16)13-6-4-3-5-7-13/h8-11,13,20H,2-7H2,1H3/b16-11+. The van der Waals surface area contributed by atoms with Gasteiger partial charge in [-0.05, 0) is 43.5 Å². The minimum absolute atomic E-state index is 0.00272. The first-order valence-electron chi connectivity index (χ1n) is 8.33. The number of ether oxygens (including phenoxy) is 1. The Morgan fingerprint density at radius 2 is 2.12 bits per heavy atom. The molecule has 3 rings (SSSR count). The molecule has 1 aliphatic carbocycles. The van der Waals surface area contributed by atoms with E-state index < -0.39 is 0 Å². The molecule has 0 radical (unpaired) electrons. The van der Waals surface area contributed by atoms with E-state index in [4.69, 9.17) is 17.0 Å². The van der Waals surface area contributed by atoms with Gasteiger partial charge in [0.2, 0.25) is 0 Å². The Labute approximate surface area is 151 Å². The van der Waals surface area contributed by atoms with E-state index in [1.165, 1.54) is 18.2 Å². The molecule has 0 atom stereocenters. The SMILES string of the molecule is CCOc1cc(/C=C2/SC(=S)N(C3CCCCC3)C2=O)ccc1O. The molecule has 1 aliphatic heterocycles. The topological polar surface area (TPSA) is 49.8 Å². The number of hydrogen-bond donors (Lipinski definition) is 1. The molecule has 1 saturated carbocycles. The van der Waals surface area contributed by atoms with Crippen molar-refractivity contribution >= 4 is 40.3 Å². The van der Waals surface area contributed by atoms with Crippen molar-refractivity contribution in [3.63, 3.8) is 0 Å². The summed E-state index contributed by atoms with van der Waals surface area (Å²) in [5.41, 5.74) is 0.820. The summed E-state index contributed by atoms with van der Waals surface area (Å²) >= 11 is 6.80. The number of thioether (sulfide) groups is 1. The molecule has 24 heavy (non-hydrogen) atoms. The highest BCUT2D eigenvalue weighted by Gasteiger charge is 2.37. The van der Waals surface area contributed by atoms with Crippen molar-refractivity contribution in [3.05, 3.63) is 28.7 Å². The van der Waals surface area contributed by atoms with E-state index in [9.17, 15) is 9.90 Å². The first-order valence-corrected chi connectivity index (χ1v) is 9.55. The molecule has 1 amide bonds. The zero-order valence-electron chi connectivity index (χ0n) is 13.7. The maximum Gasteiger partial charge on any atom is 0.266 e. The fourth-order valence-corrected chi connectivity index (χ4v) is 4.58. The first kappa shape index (κ1) is 17.3. The molecular formula is C18H21NO3S2. The number of carbonyl (C=O) groups is 1. The second kappa shape index (κ2) is 7.57. The van der Waals surface area contributed by atoms with Crippen LogP contribution in [0.25, 0.3) is 6.08 Å². The summed E-state index contributed by atoms with van der Waals surface area (Å²) in [5, 5.41) is 9.79. The zero-order valence-corrected chi connectivity index (χ0v) is 15.3. The van der Waals surface area contributed by atoms with Crippen LogP contribution < -0.4 is 4.74 Å². The number of aromatic hydroxyl groups is 1. The molecule has 2 fully saturated rings. The molecule has 2 aliphatic rings. The number of hydrogen-bond acceptors (Lipinski definition) is 5. The highest BCUT2D eigenvalue weighted by Crippen LogP contribution is 2.38. The van der Waals surface area contributed by atoms with Crippen LogP contribution in [0.4, 0.5) is 0 Å². The van der Waals surface area contributed by atoms with Gasteiger partial charge in [-0.3, -0.25) is 9.69 Å². The van der Waals surface area contributed by atoms with E-state index in [0.717, 1.165) is 31.2 Å². The van der Waals surface area contributed by atoms with Gasteiger partial charge in [0, 0.05) is 6.04 Å². The van der Waals surface area contributed by atoms with Gasteiger partial charge < -0.3 is 9.84 Å².